The number of nitrogens with zero attached hydrogens (tertiary/aromatic N) is 3. The molecule has 2 heterocycles. The molecule has 1 aliphatic carbocycles. The maximum absolute atomic E-state index is 13.3. The Hall–Kier alpha value is -1.80. The summed E-state index contributed by atoms with van der Waals surface area (Å²) >= 11 is 0. The molecule has 1 amide bonds. The van der Waals surface area contributed by atoms with Crippen molar-refractivity contribution in [2.75, 3.05) is 56.0 Å². The predicted octanol–water partition coefficient (Wildman–Crippen LogP) is 4.19. The summed E-state index contributed by atoms with van der Waals surface area (Å²) in [5.41, 5.74) is 0.229. The van der Waals surface area contributed by atoms with E-state index in [0.29, 0.717) is 11.7 Å². The van der Waals surface area contributed by atoms with Gasteiger partial charge in [0.2, 0.25) is 5.91 Å². The van der Waals surface area contributed by atoms with Gasteiger partial charge in [-0.1, -0.05) is 12.8 Å². The zero-order chi connectivity index (χ0) is 21.8. The Bertz CT molecular complexity index is 750. The molecular weight excluding hydrogens is 405 g/mol. The molecule has 5 nitrogen and oxygen atoms in total. The van der Waals surface area contributed by atoms with Crippen LogP contribution in [0.5, 0.6) is 0 Å². The zero-order valence-corrected chi connectivity index (χ0v) is 18.1. The van der Waals surface area contributed by atoms with Crippen LogP contribution < -0.4 is 10.2 Å². The Labute approximate surface area is 182 Å². The highest BCUT2D eigenvalue weighted by molar-refractivity contribution is 5.95. The number of carbonyl (C=O) groups excluding carboxylic acids is 1. The van der Waals surface area contributed by atoms with Crippen LogP contribution in [0.4, 0.5) is 24.5 Å². The van der Waals surface area contributed by atoms with Crippen molar-refractivity contribution in [3.05, 3.63) is 23.8 Å². The van der Waals surface area contributed by atoms with Crippen molar-refractivity contribution >= 4 is 17.3 Å². The van der Waals surface area contributed by atoms with E-state index in [-0.39, 0.29) is 18.1 Å². The first-order valence-electron chi connectivity index (χ1n) is 11.6. The molecule has 4 rings (SSSR count). The molecule has 0 aromatic heterocycles. The van der Waals surface area contributed by atoms with Crippen molar-refractivity contribution in [1.82, 2.24) is 9.80 Å². The first-order chi connectivity index (χ1) is 14.9. The molecule has 1 saturated carbocycles. The van der Waals surface area contributed by atoms with E-state index < -0.39 is 11.7 Å². The number of benzene rings is 1. The zero-order valence-electron chi connectivity index (χ0n) is 18.1. The summed E-state index contributed by atoms with van der Waals surface area (Å²) in [4.78, 5) is 19.5. The third-order valence-corrected chi connectivity index (χ3v) is 6.91. The number of amides is 1. The SMILES string of the molecule is O=C(CN1CCN(C2CCCC2)CC1)Nc1cc(C(F)(F)F)ccc1N1CCCCC1. The molecule has 1 aromatic carbocycles. The number of hydrogen-bond donors (Lipinski definition) is 1. The van der Waals surface area contributed by atoms with E-state index in [1.54, 1.807) is 0 Å². The van der Waals surface area contributed by atoms with Gasteiger partial charge in [-0.2, -0.15) is 13.2 Å². The van der Waals surface area contributed by atoms with Crippen molar-refractivity contribution in [3.63, 3.8) is 0 Å². The normalized spacial score (nSPS) is 22.1. The van der Waals surface area contributed by atoms with Crippen molar-refractivity contribution in [1.29, 1.82) is 0 Å². The van der Waals surface area contributed by atoms with Crippen molar-refractivity contribution in [2.24, 2.45) is 0 Å². The number of halogens is 3. The molecular formula is C23H33F3N4O. The van der Waals surface area contributed by atoms with Gasteiger partial charge in [-0.15, -0.1) is 0 Å². The molecule has 0 atom stereocenters. The molecule has 3 fully saturated rings. The third-order valence-electron chi connectivity index (χ3n) is 6.91. The lowest BCUT2D eigenvalue weighted by molar-refractivity contribution is -0.137. The monoisotopic (exact) mass is 438 g/mol. The van der Waals surface area contributed by atoms with E-state index in [4.69, 9.17) is 0 Å². The van der Waals surface area contributed by atoms with Gasteiger partial charge in [0, 0.05) is 45.3 Å². The second-order valence-electron chi connectivity index (χ2n) is 9.08. The standard InChI is InChI=1S/C23H33F3N4O/c24-23(25,26)18-8-9-21(30-10-4-1-5-11-30)20(16-18)27-22(31)17-28-12-14-29(15-13-28)19-6-2-3-7-19/h8-9,16,19H,1-7,10-15,17H2,(H,27,31). The van der Waals surface area contributed by atoms with Gasteiger partial charge in [-0.25, -0.2) is 0 Å². The molecule has 2 aliphatic heterocycles. The molecule has 0 unspecified atom stereocenters. The number of nitrogens with one attached hydrogen (secondary N) is 1. The smallest absolute Gasteiger partial charge is 0.370 e. The minimum atomic E-state index is -4.43. The van der Waals surface area contributed by atoms with Gasteiger partial charge in [-0.3, -0.25) is 14.6 Å². The summed E-state index contributed by atoms with van der Waals surface area (Å²) in [7, 11) is 0. The maximum Gasteiger partial charge on any atom is 0.416 e. The van der Waals surface area contributed by atoms with Crippen molar-refractivity contribution in [3.8, 4) is 0 Å². The van der Waals surface area contributed by atoms with Crippen LogP contribution in [0, 0.1) is 0 Å². The Balaban J connectivity index is 1.39. The van der Waals surface area contributed by atoms with E-state index in [2.05, 4.69) is 20.0 Å². The summed E-state index contributed by atoms with van der Waals surface area (Å²) in [6.45, 7) is 5.39. The molecule has 2 saturated heterocycles. The average Bonchev–Trinajstić information content (AvgIpc) is 3.29. The second kappa shape index (κ2) is 9.77. The fourth-order valence-electron chi connectivity index (χ4n) is 5.17. The first kappa shape index (κ1) is 22.4. The van der Waals surface area contributed by atoms with E-state index in [1.807, 2.05) is 0 Å². The van der Waals surface area contributed by atoms with Crippen LogP contribution >= 0.6 is 0 Å². The molecule has 1 N–H and O–H groups in total. The average molecular weight is 439 g/mol. The maximum atomic E-state index is 13.3. The Kier molecular flexibility index (Phi) is 7.06. The first-order valence-corrected chi connectivity index (χ1v) is 11.6. The number of hydrogen-bond acceptors (Lipinski definition) is 4. The Morgan fingerprint density at radius 3 is 2.26 bits per heavy atom. The van der Waals surface area contributed by atoms with Gasteiger partial charge in [0.05, 0.1) is 23.5 Å². The van der Waals surface area contributed by atoms with Crippen LogP contribution in [0.25, 0.3) is 0 Å². The van der Waals surface area contributed by atoms with Gasteiger partial charge >= 0.3 is 6.18 Å². The molecule has 0 spiro atoms. The summed E-state index contributed by atoms with van der Waals surface area (Å²) in [6, 6.07) is 4.39. The number of alkyl halides is 3. The largest absolute Gasteiger partial charge is 0.416 e. The van der Waals surface area contributed by atoms with Crippen LogP contribution in [0.2, 0.25) is 0 Å². The Morgan fingerprint density at radius 1 is 0.935 bits per heavy atom. The summed E-state index contributed by atoms with van der Waals surface area (Å²) in [5.74, 6) is -0.244. The van der Waals surface area contributed by atoms with Crippen molar-refractivity contribution in [2.45, 2.75) is 57.2 Å². The fraction of sp³-hybridized carbons (Fsp3) is 0.696. The van der Waals surface area contributed by atoms with E-state index in [9.17, 15) is 18.0 Å². The van der Waals surface area contributed by atoms with Crippen LogP contribution in [0.15, 0.2) is 18.2 Å². The van der Waals surface area contributed by atoms with Gasteiger partial charge in [0.1, 0.15) is 0 Å². The molecule has 3 aliphatic rings. The minimum Gasteiger partial charge on any atom is -0.370 e. The number of piperidine rings is 1. The van der Waals surface area contributed by atoms with Gasteiger partial charge < -0.3 is 10.2 Å². The second-order valence-corrected chi connectivity index (χ2v) is 9.08. The number of anilines is 2. The Morgan fingerprint density at radius 2 is 1.61 bits per heavy atom. The quantitative estimate of drug-likeness (QED) is 0.748. The highest BCUT2D eigenvalue weighted by Crippen LogP contribution is 2.36. The summed E-state index contributed by atoms with van der Waals surface area (Å²) in [6.07, 6.45) is 3.89. The molecule has 31 heavy (non-hydrogen) atoms. The number of rotatable bonds is 5. The van der Waals surface area contributed by atoms with Crippen LogP contribution in [0.1, 0.15) is 50.5 Å². The van der Waals surface area contributed by atoms with E-state index >= 15 is 0 Å². The summed E-state index contributed by atoms with van der Waals surface area (Å²) < 4.78 is 39.8. The highest BCUT2D eigenvalue weighted by Gasteiger charge is 2.32. The van der Waals surface area contributed by atoms with Crippen LogP contribution in [0.3, 0.4) is 0 Å². The third kappa shape index (κ3) is 5.71. The van der Waals surface area contributed by atoms with Gasteiger partial charge in [0.15, 0.2) is 0 Å². The number of piperazine rings is 1. The van der Waals surface area contributed by atoms with E-state index in [1.165, 1.54) is 31.7 Å². The summed E-state index contributed by atoms with van der Waals surface area (Å²) in [5, 5.41) is 2.80. The lowest BCUT2D eigenvalue weighted by Crippen LogP contribution is -2.51. The minimum absolute atomic E-state index is 0.216. The van der Waals surface area contributed by atoms with Crippen LogP contribution in [-0.2, 0) is 11.0 Å². The molecule has 0 bridgehead atoms. The topological polar surface area (TPSA) is 38.8 Å². The predicted molar refractivity (Wildman–Crippen MR) is 116 cm³/mol. The van der Waals surface area contributed by atoms with E-state index in [0.717, 1.165) is 70.7 Å². The number of carbonyl (C=O) groups is 1. The lowest BCUT2D eigenvalue weighted by Gasteiger charge is -2.37. The highest BCUT2D eigenvalue weighted by atomic mass is 19.4. The van der Waals surface area contributed by atoms with Crippen molar-refractivity contribution < 1.29 is 18.0 Å². The fourth-order valence-corrected chi connectivity index (χ4v) is 5.17. The molecule has 8 heteroatoms. The molecule has 172 valence electrons. The van der Waals surface area contributed by atoms with Crippen LogP contribution in [-0.4, -0.2) is 67.6 Å². The lowest BCUT2D eigenvalue weighted by atomic mass is 10.1. The molecule has 0 radical (unpaired) electrons. The van der Waals surface area contributed by atoms with Gasteiger partial charge in [-0.05, 0) is 50.3 Å². The molecule has 1 aromatic rings. The van der Waals surface area contributed by atoms with Gasteiger partial charge in [0.25, 0.3) is 0 Å².